The normalized spacial score (nSPS) is 16.4. The van der Waals surface area contributed by atoms with Gasteiger partial charge in [-0.15, -0.1) is 0 Å². The Kier molecular flexibility index (Phi) is 6.16. The van der Waals surface area contributed by atoms with Crippen molar-refractivity contribution < 1.29 is 23.1 Å². The molecule has 0 spiro atoms. The lowest BCUT2D eigenvalue weighted by molar-refractivity contribution is 0.0998. The van der Waals surface area contributed by atoms with Crippen molar-refractivity contribution in [2.24, 2.45) is 17.6 Å². The van der Waals surface area contributed by atoms with Crippen molar-refractivity contribution in [2.45, 2.75) is 26.3 Å². The first-order valence-corrected chi connectivity index (χ1v) is 9.56. The quantitative estimate of drug-likeness (QED) is 0.763. The Morgan fingerprint density at radius 2 is 2.00 bits per heavy atom. The third kappa shape index (κ3) is 3.83. The zero-order valence-corrected chi connectivity index (χ0v) is 16.1. The van der Waals surface area contributed by atoms with Crippen LogP contribution in [0, 0.1) is 23.5 Å². The molecule has 1 aliphatic rings. The minimum atomic E-state index is -1.05. The van der Waals surface area contributed by atoms with Crippen LogP contribution in [0.1, 0.15) is 30.1 Å². The summed E-state index contributed by atoms with van der Waals surface area (Å²) in [5, 5.41) is 8.97. The molecule has 3 N–H and O–H groups in total. The topological polar surface area (TPSA) is 88.6 Å². The first-order valence-electron chi connectivity index (χ1n) is 9.56. The average Bonchev–Trinajstić information content (AvgIpc) is 2.69. The van der Waals surface area contributed by atoms with Gasteiger partial charge in [0.2, 0.25) is 5.43 Å². The minimum Gasteiger partial charge on any atom is -0.396 e. The minimum absolute atomic E-state index is 0.0566. The molecule has 1 saturated heterocycles. The fourth-order valence-electron chi connectivity index (χ4n) is 4.05. The number of piperidine rings is 1. The van der Waals surface area contributed by atoms with E-state index in [0.29, 0.717) is 25.9 Å². The second-order valence-corrected chi connectivity index (χ2v) is 7.52. The zero-order valence-electron chi connectivity index (χ0n) is 16.1. The van der Waals surface area contributed by atoms with Crippen molar-refractivity contribution >= 4 is 22.5 Å². The summed E-state index contributed by atoms with van der Waals surface area (Å²) in [7, 11) is 0. The van der Waals surface area contributed by atoms with Gasteiger partial charge in [-0.2, -0.15) is 0 Å². The predicted octanol–water partition coefficient (Wildman–Crippen LogP) is 2.19. The van der Waals surface area contributed by atoms with Gasteiger partial charge in [-0.05, 0) is 30.7 Å². The maximum Gasteiger partial charge on any atom is 0.254 e. The first-order chi connectivity index (χ1) is 13.8. The third-order valence-corrected chi connectivity index (χ3v) is 5.77. The van der Waals surface area contributed by atoms with Gasteiger partial charge in [-0.1, -0.05) is 6.92 Å². The highest BCUT2D eigenvalue weighted by atomic mass is 19.1. The molecule has 1 aromatic carbocycles. The van der Waals surface area contributed by atoms with Crippen LogP contribution in [-0.4, -0.2) is 42.0 Å². The summed E-state index contributed by atoms with van der Waals surface area (Å²) in [6, 6.07) is 0.889. The molecule has 1 atom stereocenters. The fraction of sp³-hybridized carbons (Fsp3) is 0.500. The number of benzene rings is 1. The van der Waals surface area contributed by atoms with E-state index < -0.39 is 35.2 Å². The number of fused-ring (bicyclic) bond motifs is 1. The average molecular weight is 411 g/mol. The summed E-state index contributed by atoms with van der Waals surface area (Å²) in [6.45, 7) is 1.59. The number of aryl methyl sites for hydroxylation is 1. The molecule has 29 heavy (non-hydrogen) atoms. The number of aliphatic hydroxyl groups excluding tert-OH is 1. The van der Waals surface area contributed by atoms with Crippen molar-refractivity contribution in [1.82, 2.24) is 4.57 Å². The molecule has 1 amide bonds. The van der Waals surface area contributed by atoms with Crippen LogP contribution in [0.15, 0.2) is 17.1 Å². The van der Waals surface area contributed by atoms with E-state index in [4.69, 9.17) is 5.73 Å². The van der Waals surface area contributed by atoms with Crippen LogP contribution in [0.3, 0.4) is 0 Å². The maximum atomic E-state index is 15.4. The van der Waals surface area contributed by atoms with Gasteiger partial charge in [-0.25, -0.2) is 13.2 Å². The molecule has 2 aromatic rings. The standard InChI is InChI=1S/C20H24F3N3O3/c1-11(10-27)12-2-5-25(6-3-12)18-15(22)8-13-17(16(18)23)26(7-4-21)9-14(19(13)28)20(24)29/h8-9,11-12,27H,2-7,10H2,1H3,(H2,24,29). The van der Waals surface area contributed by atoms with Gasteiger partial charge in [0.25, 0.3) is 5.91 Å². The zero-order chi connectivity index (χ0) is 21.3. The summed E-state index contributed by atoms with van der Waals surface area (Å²) in [4.78, 5) is 25.6. The molecule has 3 rings (SSSR count). The molecule has 0 bridgehead atoms. The summed E-state index contributed by atoms with van der Waals surface area (Å²) >= 11 is 0. The molecule has 0 aliphatic carbocycles. The second-order valence-electron chi connectivity index (χ2n) is 7.52. The van der Waals surface area contributed by atoms with Gasteiger partial charge >= 0.3 is 0 Å². The van der Waals surface area contributed by atoms with Crippen molar-refractivity contribution in [3.8, 4) is 0 Å². The highest BCUT2D eigenvalue weighted by molar-refractivity contribution is 5.97. The van der Waals surface area contributed by atoms with E-state index in [1.54, 1.807) is 4.90 Å². The van der Waals surface area contributed by atoms with E-state index in [2.05, 4.69) is 0 Å². The monoisotopic (exact) mass is 411 g/mol. The smallest absolute Gasteiger partial charge is 0.254 e. The number of amides is 1. The maximum absolute atomic E-state index is 15.4. The number of alkyl halides is 1. The number of anilines is 1. The van der Waals surface area contributed by atoms with Gasteiger partial charge in [0.15, 0.2) is 5.82 Å². The SMILES string of the molecule is CC(CO)C1CCN(c2c(F)cc3c(=O)c(C(N)=O)cn(CCF)c3c2F)CC1. The lowest BCUT2D eigenvalue weighted by atomic mass is 9.86. The number of pyridine rings is 1. The number of aliphatic hydroxyl groups is 1. The van der Waals surface area contributed by atoms with E-state index in [1.165, 1.54) is 0 Å². The molecular weight excluding hydrogens is 387 g/mol. The molecule has 0 radical (unpaired) electrons. The van der Waals surface area contributed by atoms with Gasteiger partial charge in [0.1, 0.15) is 23.7 Å². The second kappa shape index (κ2) is 8.44. The summed E-state index contributed by atoms with van der Waals surface area (Å²) in [6.07, 6.45) is 2.35. The molecule has 9 heteroatoms. The first kappa shape index (κ1) is 21.2. The lowest BCUT2D eigenvalue weighted by Crippen LogP contribution is -2.37. The Labute approximate surface area is 165 Å². The largest absolute Gasteiger partial charge is 0.396 e. The molecule has 0 saturated carbocycles. The van der Waals surface area contributed by atoms with E-state index in [1.807, 2.05) is 6.92 Å². The van der Waals surface area contributed by atoms with Crippen LogP contribution < -0.4 is 16.1 Å². The molecule has 1 unspecified atom stereocenters. The Bertz CT molecular complexity index is 985. The van der Waals surface area contributed by atoms with Crippen molar-refractivity contribution in [3.63, 3.8) is 0 Å². The summed E-state index contributed by atoms with van der Waals surface area (Å²) in [5.74, 6) is -2.57. The number of hydrogen-bond acceptors (Lipinski definition) is 4. The number of nitrogens with zero attached hydrogens (tertiary/aromatic N) is 2. The molecular formula is C20H24F3N3O3. The van der Waals surface area contributed by atoms with Crippen LogP contribution in [0.4, 0.5) is 18.9 Å². The highest BCUT2D eigenvalue weighted by Gasteiger charge is 2.29. The summed E-state index contributed by atoms with van der Waals surface area (Å²) < 4.78 is 44.4. The Balaban J connectivity index is 2.11. The Morgan fingerprint density at radius 1 is 1.34 bits per heavy atom. The van der Waals surface area contributed by atoms with Gasteiger partial charge in [0.05, 0.1) is 17.4 Å². The van der Waals surface area contributed by atoms with Crippen LogP contribution in [0.2, 0.25) is 0 Å². The molecule has 1 aromatic heterocycles. The van der Waals surface area contributed by atoms with Crippen molar-refractivity contribution in [2.75, 3.05) is 31.3 Å². The van der Waals surface area contributed by atoms with Gasteiger partial charge in [-0.3, -0.25) is 9.59 Å². The van der Waals surface area contributed by atoms with Crippen LogP contribution in [0.5, 0.6) is 0 Å². The molecule has 1 aliphatic heterocycles. The van der Waals surface area contributed by atoms with Crippen LogP contribution in [0.25, 0.3) is 10.9 Å². The van der Waals surface area contributed by atoms with Crippen LogP contribution in [-0.2, 0) is 6.54 Å². The van der Waals surface area contributed by atoms with E-state index in [0.717, 1.165) is 16.8 Å². The molecule has 158 valence electrons. The van der Waals surface area contributed by atoms with Crippen molar-refractivity contribution in [1.29, 1.82) is 0 Å². The number of hydrogen-bond donors (Lipinski definition) is 2. The number of nitrogens with two attached hydrogens (primary N) is 1. The molecule has 1 fully saturated rings. The highest BCUT2D eigenvalue weighted by Crippen LogP contribution is 2.34. The lowest BCUT2D eigenvalue weighted by Gasteiger charge is -2.36. The number of carbonyl (C=O) groups excluding carboxylic acids is 1. The number of primary amides is 1. The number of rotatable bonds is 6. The van der Waals surface area contributed by atoms with E-state index in [9.17, 15) is 23.5 Å². The van der Waals surface area contributed by atoms with E-state index >= 15 is 4.39 Å². The third-order valence-electron chi connectivity index (χ3n) is 5.77. The number of halogens is 3. The van der Waals surface area contributed by atoms with E-state index in [-0.39, 0.29) is 41.6 Å². The van der Waals surface area contributed by atoms with Gasteiger partial charge < -0.3 is 20.3 Å². The van der Waals surface area contributed by atoms with Crippen LogP contribution >= 0.6 is 0 Å². The Morgan fingerprint density at radius 3 is 2.55 bits per heavy atom. The number of carbonyl (C=O) groups is 1. The Hall–Kier alpha value is -2.55. The van der Waals surface area contributed by atoms with Gasteiger partial charge in [0, 0.05) is 25.9 Å². The number of aromatic nitrogens is 1. The predicted molar refractivity (Wildman–Crippen MR) is 104 cm³/mol. The summed E-state index contributed by atoms with van der Waals surface area (Å²) in [5.41, 5.74) is 3.33. The van der Waals surface area contributed by atoms with Crippen molar-refractivity contribution in [3.05, 3.63) is 39.7 Å². The molecule has 6 nitrogen and oxygen atoms in total. The fourth-order valence-corrected chi connectivity index (χ4v) is 4.05. The molecule has 2 heterocycles.